The molecule has 0 amide bonds. The molecule has 0 aliphatic carbocycles. The van der Waals surface area contributed by atoms with Crippen molar-refractivity contribution in [2.75, 3.05) is 7.11 Å². The van der Waals surface area contributed by atoms with Crippen LogP contribution in [0.25, 0.3) is 0 Å². The van der Waals surface area contributed by atoms with E-state index in [1.807, 2.05) is 0 Å². The highest BCUT2D eigenvalue weighted by atomic mass is 19.1. The molecule has 3 heteroatoms. The quantitative estimate of drug-likeness (QED) is 0.500. The van der Waals surface area contributed by atoms with Gasteiger partial charge in [0.25, 0.3) is 0 Å². The van der Waals surface area contributed by atoms with Gasteiger partial charge in [0.1, 0.15) is 12.2 Å². The molecule has 0 heterocycles. The van der Waals surface area contributed by atoms with Gasteiger partial charge in [-0.15, -0.1) is 0 Å². The molecule has 0 aliphatic rings. The van der Waals surface area contributed by atoms with Crippen LogP contribution in [0.3, 0.4) is 0 Å². The Morgan fingerprint density at radius 1 is 1.43 bits per heavy atom. The van der Waals surface area contributed by atoms with Gasteiger partial charge in [-0.3, -0.25) is 4.79 Å². The summed E-state index contributed by atoms with van der Waals surface area (Å²) in [4.78, 5) is 10.7. The number of carbonyl (C=O) groups is 1. The van der Waals surface area contributed by atoms with E-state index in [9.17, 15) is 9.18 Å². The van der Waals surface area contributed by atoms with Gasteiger partial charge < -0.3 is 4.74 Å². The van der Waals surface area contributed by atoms with Gasteiger partial charge in [-0.25, -0.2) is 4.39 Å². The van der Waals surface area contributed by atoms with Gasteiger partial charge in [0, 0.05) is 5.56 Å². The predicted molar refractivity (Wildman–Crippen MR) is 49.9 cm³/mol. The first-order valence-electron chi connectivity index (χ1n) is 4.03. The first kappa shape index (κ1) is 10.3. The fourth-order valence-corrected chi connectivity index (χ4v) is 0.824. The van der Waals surface area contributed by atoms with Crippen molar-refractivity contribution in [3.05, 3.63) is 35.6 Å². The number of halogens is 1. The molecule has 0 saturated heterocycles. The van der Waals surface area contributed by atoms with Crippen LogP contribution in [0, 0.1) is 17.7 Å². The van der Waals surface area contributed by atoms with Crippen LogP contribution in [0.4, 0.5) is 4.39 Å². The molecular formula is C11H9FO2. The van der Waals surface area contributed by atoms with Crippen LogP contribution in [-0.4, -0.2) is 13.1 Å². The summed E-state index contributed by atoms with van der Waals surface area (Å²) < 4.78 is 16.9. The SMILES string of the molecule is COC(=O)CC#Cc1ccc(F)cc1. The summed E-state index contributed by atoms with van der Waals surface area (Å²) in [5, 5.41) is 0. The molecule has 0 unspecified atom stereocenters. The molecule has 0 aliphatic heterocycles. The molecule has 14 heavy (non-hydrogen) atoms. The molecule has 0 spiro atoms. The normalized spacial score (nSPS) is 8.71. The van der Waals surface area contributed by atoms with Gasteiger partial charge in [0.05, 0.1) is 7.11 Å². The molecule has 72 valence electrons. The first-order valence-corrected chi connectivity index (χ1v) is 4.03. The lowest BCUT2D eigenvalue weighted by molar-refractivity contribution is -0.139. The topological polar surface area (TPSA) is 26.3 Å². The lowest BCUT2D eigenvalue weighted by Gasteiger charge is -1.90. The molecule has 1 rings (SSSR count). The average molecular weight is 192 g/mol. The maximum Gasteiger partial charge on any atom is 0.317 e. The van der Waals surface area contributed by atoms with E-state index in [0.29, 0.717) is 5.56 Å². The minimum absolute atomic E-state index is 0.0495. The van der Waals surface area contributed by atoms with Crippen molar-refractivity contribution in [3.63, 3.8) is 0 Å². The van der Waals surface area contributed by atoms with E-state index < -0.39 is 0 Å². The monoisotopic (exact) mass is 192 g/mol. The molecule has 2 nitrogen and oxygen atoms in total. The van der Waals surface area contributed by atoms with Crippen molar-refractivity contribution in [2.24, 2.45) is 0 Å². The Labute approximate surface area is 81.7 Å². The van der Waals surface area contributed by atoms with Gasteiger partial charge in [-0.2, -0.15) is 0 Å². The Bertz CT molecular complexity index is 371. The third-order valence-corrected chi connectivity index (χ3v) is 1.54. The van der Waals surface area contributed by atoms with E-state index in [4.69, 9.17) is 0 Å². The van der Waals surface area contributed by atoms with Crippen LogP contribution in [0.5, 0.6) is 0 Å². The molecule has 0 fully saturated rings. The van der Waals surface area contributed by atoms with Gasteiger partial charge in [-0.1, -0.05) is 11.8 Å². The first-order chi connectivity index (χ1) is 6.72. The Kier molecular flexibility index (Phi) is 3.69. The summed E-state index contributed by atoms with van der Waals surface area (Å²) in [6, 6.07) is 5.75. The number of hydrogen-bond donors (Lipinski definition) is 0. The van der Waals surface area contributed by atoms with Crippen LogP contribution in [0.1, 0.15) is 12.0 Å². The standard InChI is InChI=1S/C11H9FO2/c1-14-11(13)4-2-3-9-5-7-10(12)8-6-9/h5-8H,4H2,1H3. The second-order valence-electron chi connectivity index (χ2n) is 2.56. The van der Waals surface area contributed by atoms with Crippen LogP contribution in [0.15, 0.2) is 24.3 Å². The molecule has 1 aromatic rings. The van der Waals surface area contributed by atoms with Gasteiger partial charge in [0.15, 0.2) is 0 Å². The summed E-state index contributed by atoms with van der Waals surface area (Å²) in [6.07, 6.45) is 0.0495. The maximum absolute atomic E-state index is 12.5. The van der Waals surface area contributed by atoms with Crippen molar-refractivity contribution in [1.29, 1.82) is 0 Å². The highest BCUT2D eigenvalue weighted by molar-refractivity contribution is 5.72. The highest BCUT2D eigenvalue weighted by Crippen LogP contribution is 2.00. The zero-order chi connectivity index (χ0) is 10.4. The molecule has 0 bridgehead atoms. The summed E-state index contributed by atoms with van der Waals surface area (Å²) in [6.45, 7) is 0. The second-order valence-corrected chi connectivity index (χ2v) is 2.56. The molecule has 0 atom stereocenters. The molecular weight excluding hydrogens is 183 g/mol. The molecule has 0 saturated carbocycles. The molecule has 0 N–H and O–H groups in total. The zero-order valence-electron chi connectivity index (χ0n) is 7.71. The van der Waals surface area contributed by atoms with E-state index in [1.165, 1.54) is 19.2 Å². The smallest absolute Gasteiger partial charge is 0.317 e. The minimum Gasteiger partial charge on any atom is -0.468 e. The fourth-order valence-electron chi connectivity index (χ4n) is 0.824. The number of carbonyl (C=O) groups excluding carboxylic acids is 1. The average Bonchev–Trinajstić information content (AvgIpc) is 2.21. The van der Waals surface area contributed by atoms with Crippen molar-refractivity contribution in [1.82, 2.24) is 0 Å². The summed E-state index contributed by atoms with van der Waals surface area (Å²) >= 11 is 0. The van der Waals surface area contributed by atoms with Crippen LogP contribution < -0.4 is 0 Å². The van der Waals surface area contributed by atoms with Crippen molar-refractivity contribution in [3.8, 4) is 11.8 Å². The number of benzene rings is 1. The van der Waals surface area contributed by atoms with E-state index in [1.54, 1.807) is 12.1 Å². The van der Waals surface area contributed by atoms with Crippen molar-refractivity contribution in [2.45, 2.75) is 6.42 Å². The zero-order valence-corrected chi connectivity index (χ0v) is 7.71. The van der Waals surface area contributed by atoms with Crippen molar-refractivity contribution >= 4 is 5.97 Å². The number of esters is 1. The van der Waals surface area contributed by atoms with Crippen LogP contribution >= 0.6 is 0 Å². The number of hydrogen-bond acceptors (Lipinski definition) is 2. The van der Waals surface area contributed by atoms with E-state index >= 15 is 0 Å². The highest BCUT2D eigenvalue weighted by Gasteiger charge is 1.93. The largest absolute Gasteiger partial charge is 0.468 e. The van der Waals surface area contributed by atoms with Crippen LogP contribution in [-0.2, 0) is 9.53 Å². The summed E-state index contributed by atoms with van der Waals surface area (Å²) in [5.41, 5.74) is 0.676. The second kappa shape index (κ2) is 5.03. The summed E-state index contributed by atoms with van der Waals surface area (Å²) in [7, 11) is 1.31. The molecule has 0 aromatic heterocycles. The Morgan fingerprint density at radius 3 is 2.64 bits per heavy atom. The number of ether oxygens (including phenoxy) is 1. The van der Waals surface area contributed by atoms with Gasteiger partial charge in [0.2, 0.25) is 0 Å². The number of rotatable bonds is 1. The Balaban J connectivity index is 2.59. The third kappa shape index (κ3) is 3.28. The molecule has 0 radical (unpaired) electrons. The van der Waals surface area contributed by atoms with Gasteiger partial charge in [-0.05, 0) is 24.3 Å². The Hall–Kier alpha value is -1.82. The van der Waals surface area contributed by atoms with Gasteiger partial charge >= 0.3 is 5.97 Å². The fraction of sp³-hybridized carbons (Fsp3) is 0.182. The van der Waals surface area contributed by atoms with Crippen molar-refractivity contribution < 1.29 is 13.9 Å². The third-order valence-electron chi connectivity index (χ3n) is 1.54. The Morgan fingerprint density at radius 2 is 2.07 bits per heavy atom. The lowest BCUT2D eigenvalue weighted by atomic mass is 10.2. The minimum atomic E-state index is -0.375. The van der Waals surface area contributed by atoms with E-state index in [2.05, 4.69) is 16.6 Å². The summed E-state index contributed by atoms with van der Waals surface area (Å²) in [5.74, 6) is 4.67. The van der Waals surface area contributed by atoms with E-state index in [-0.39, 0.29) is 18.2 Å². The van der Waals surface area contributed by atoms with Crippen LogP contribution in [0.2, 0.25) is 0 Å². The molecule has 1 aromatic carbocycles. The number of methoxy groups -OCH3 is 1. The lowest BCUT2D eigenvalue weighted by Crippen LogP contribution is -1.96. The maximum atomic E-state index is 12.5. The van der Waals surface area contributed by atoms with E-state index in [0.717, 1.165) is 0 Å². The predicted octanol–water partition coefficient (Wildman–Crippen LogP) is 1.74.